The zero-order valence-corrected chi connectivity index (χ0v) is 13.9. The zero-order valence-electron chi connectivity index (χ0n) is 12.3. The molecule has 0 radical (unpaired) electrons. The van der Waals surface area contributed by atoms with Crippen molar-refractivity contribution in [3.05, 3.63) is 35.4 Å². The van der Waals surface area contributed by atoms with Gasteiger partial charge < -0.3 is 10.1 Å². The number of fused-ring (bicyclic) bond motifs is 1. The number of hydrogen-bond donors (Lipinski definition) is 2. The first-order valence-electron chi connectivity index (χ1n) is 7.29. The summed E-state index contributed by atoms with van der Waals surface area (Å²) in [7, 11) is -3.46. The number of hydrogen-bond acceptors (Lipinski definition) is 4. The molecule has 0 saturated carbocycles. The summed E-state index contributed by atoms with van der Waals surface area (Å²) in [5.41, 5.74) is 2.11. The Morgan fingerprint density at radius 2 is 2.14 bits per heavy atom. The van der Waals surface area contributed by atoms with Crippen molar-refractivity contribution in [1.29, 1.82) is 0 Å². The molecule has 0 aromatic heterocycles. The second kappa shape index (κ2) is 7.46. The van der Waals surface area contributed by atoms with Crippen LogP contribution in [0.2, 0.25) is 0 Å². The molecule has 3 rings (SSSR count). The molecular weight excluding hydrogens is 324 g/mol. The zero-order chi connectivity index (χ0) is 14.7. The molecule has 0 saturated heterocycles. The Morgan fingerprint density at radius 3 is 2.91 bits per heavy atom. The molecule has 2 aliphatic rings. The Kier molecular flexibility index (Phi) is 5.86. The Balaban J connectivity index is 0.00000176. The van der Waals surface area contributed by atoms with Crippen molar-refractivity contribution in [1.82, 2.24) is 10.0 Å². The van der Waals surface area contributed by atoms with Crippen molar-refractivity contribution in [2.75, 3.05) is 26.2 Å². The van der Waals surface area contributed by atoms with Crippen molar-refractivity contribution < 1.29 is 13.2 Å². The van der Waals surface area contributed by atoms with E-state index in [1.165, 1.54) is 0 Å². The molecule has 1 aromatic rings. The lowest BCUT2D eigenvalue weighted by Gasteiger charge is -2.18. The maximum Gasteiger partial charge on any atom is 0.240 e. The van der Waals surface area contributed by atoms with Crippen molar-refractivity contribution in [2.45, 2.75) is 24.2 Å². The molecule has 1 aromatic carbocycles. The van der Waals surface area contributed by atoms with Crippen LogP contribution in [0, 0.1) is 0 Å². The van der Waals surface area contributed by atoms with Gasteiger partial charge in [0.2, 0.25) is 10.0 Å². The third-order valence-corrected chi connectivity index (χ3v) is 5.24. The summed E-state index contributed by atoms with van der Waals surface area (Å²) < 4.78 is 32.9. The minimum absolute atomic E-state index is 0. The molecule has 122 valence electrons. The summed E-state index contributed by atoms with van der Waals surface area (Å²) in [6.45, 7) is 2.81. The molecule has 0 fully saturated rings. The highest BCUT2D eigenvalue weighted by molar-refractivity contribution is 7.89. The normalized spacial score (nSPS) is 17.7. The van der Waals surface area contributed by atoms with Crippen molar-refractivity contribution >= 4 is 22.4 Å². The molecule has 0 amide bonds. The number of nitrogens with one attached hydrogen (secondary N) is 2. The summed E-state index contributed by atoms with van der Waals surface area (Å²) in [5.74, 6) is 0.807. The molecule has 0 unspecified atom stereocenters. The van der Waals surface area contributed by atoms with Gasteiger partial charge in [-0.3, -0.25) is 0 Å². The van der Waals surface area contributed by atoms with Gasteiger partial charge in [0.05, 0.1) is 11.5 Å². The van der Waals surface area contributed by atoms with Crippen LogP contribution in [0.3, 0.4) is 0 Å². The molecule has 5 nitrogen and oxygen atoms in total. The lowest BCUT2D eigenvalue weighted by Crippen LogP contribution is -2.29. The molecule has 2 N–H and O–H groups in total. The smallest absolute Gasteiger partial charge is 0.240 e. The first-order chi connectivity index (χ1) is 10.1. The standard InChI is InChI=1S/C15H20N2O3S.ClH/c18-21(19,17-11-12-5-7-16-8-6-12)14-3-4-15-13(10-14)2-1-9-20-15;/h3-5,10,16-17H,1-2,6-9,11H2;1H. The van der Waals surface area contributed by atoms with E-state index in [1.807, 2.05) is 6.08 Å². The topological polar surface area (TPSA) is 67.4 Å². The molecule has 7 heteroatoms. The summed E-state index contributed by atoms with van der Waals surface area (Å²) in [6, 6.07) is 5.10. The molecule has 0 aliphatic carbocycles. The molecule has 2 aliphatic heterocycles. The van der Waals surface area contributed by atoms with E-state index in [9.17, 15) is 8.42 Å². The van der Waals surface area contributed by atoms with Gasteiger partial charge in [0, 0.05) is 13.1 Å². The van der Waals surface area contributed by atoms with Gasteiger partial charge in [-0.2, -0.15) is 0 Å². The molecule has 0 atom stereocenters. The fourth-order valence-electron chi connectivity index (χ4n) is 2.61. The Labute approximate surface area is 137 Å². The van der Waals surface area contributed by atoms with Crippen LogP contribution in [0.15, 0.2) is 34.7 Å². The summed E-state index contributed by atoms with van der Waals surface area (Å²) in [4.78, 5) is 0.321. The summed E-state index contributed by atoms with van der Waals surface area (Å²) in [6.07, 6.45) is 4.74. The second-order valence-electron chi connectivity index (χ2n) is 5.36. The highest BCUT2D eigenvalue weighted by Gasteiger charge is 2.18. The summed E-state index contributed by atoms with van der Waals surface area (Å²) in [5, 5.41) is 3.21. The van der Waals surface area contributed by atoms with E-state index in [0.717, 1.165) is 49.2 Å². The van der Waals surface area contributed by atoms with Crippen LogP contribution >= 0.6 is 12.4 Å². The van der Waals surface area contributed by atoms with Gasteiger partial charge in [-0.05, 0) is 49.6 Å². The van der Waals surface area contributed by atoms with Gasteiger partial charge in [0.25, 0.3) is 0 Å². The van der Waals surface area contributed by atoms with Crippen LogP contribution in [0.5, 0.6) is 5.75 Å². The van der Waals surface area contributed by atoms with Gasteiger partial charge in [-0.1, -0.05) is 11.6 Å². The van der Waals surface area contributed by atoms with Gasteiger partial charge in [0.15, 0.2) is 0 Å². The third-order valence-electron chi connectivity index (χ3n) is 3.84. The van der Waals surface area contributed by atoms with Crippen molar-refractivity contribution in [3.63, 3.8) is 0 Å². The maximum absolute atomic E-state index is 12.4. The van der Waals surface area contributed by atoms with E-state index in [0.29, 0.717) is 18.0 Å². The molecule has 22 heavy (non-hydrogen) atoms. The van der Waals surface area contributed by atoms with E-state index < -0.39 is 10.0 Å². The predicted octanol–water partition coefficient (Wildman–Crippen LogP) is 1.63. The van der Waals surface area contributed by atoms with E-state index in [-0.39, 0.29) is 12.4 Å². The average Bonchev–Trinajstić information content (AvgIpc) is 2.53. The van der Waals surface area contributed by atoms with Crippen LogP contribution in [0.25, 0.3) is 0 Å². The van der Waals surface area contributed by atoms with Crippen molar-refractivity contribution in [2.24, 2.45) is 0 Å². The van der Waals surface area contributed by atoms with Crippen LogP contribution in [-0.2, 0) is 16.4 Å². The van der Waals surface area contributed by atoms with E-state index >= 15 is 0 Å². The van der Waals surface area contributed by atoms with Crippen molar-refractivity contribution in [3.8, 4) is 5.75 Å². The van der Waals surface area contributed by atoms with Crippen LogP contribution in [0.4, 0.5) is 0 Å². The molecule has 0 bridgehead atoms. The average molecular weight is 345 g/mol. The molecule has 2 heterocycles. The Morgan fingerprint density at radius 1 is 1.27 bits per heavy atom. The minimum Gasteiger partial charge on any atom is -0.493 e. The predicted molar refractivity (Wildman–Crippen MR) is 88.3 cm³/mol. The Hall–Kier alpha value is -1.08. The maximum atomic E-state index is 12.4. The molecule has 0 spiro atoms. The fraction of sp³-hybridized carbons (Fsp3) is 0.467. The number of halogens is 1. The number of aryl methyl sites for hydroxylation is 1. The van der Waals surface area contributed by atoms with E-state index in [4.69, 9.17) is 4.74 Å². The van der Waals surface area contributed by atoms with Gasteiger partial charge in [-0.25, -0.2) is 13.1 Å². The number of benzene rings is 1. The fourth-order valence-corrected chi connectivity index (χ4v) is 3.69. The summed E-state index contributed by atoms with van der Waals surface area (Å²) >= 11 is 0. The van der Waals surface area contributed by atoms with E-state index in [1.54, 1.807) is 18.2 Å². The second-order valence-corrected chi connectivity index (χ2v) is 7.13. The number of rotatable bonds is 4. The highest BCUT2D eigenvalue weighted by Crippen LogP contribution is 2.27. The SMILES string of the molecule is Cl.O=S(=O)(NCC1=CCNCC1)c1ccc2c(c1)CCCO2. The third kappa shape index (κ3) is 4.01. The highest BCUT2D eigenvalue weighted by atomic mass is 35.5. The largest absolute Gasteiger partial charge is 0.493 e. The lowest BCUT2D eigenvalue weighted by molar-refractivity contribution is 0.288. The van der Waals surface area contributed by atoms with Gasteiger partial charge >= 0.3 is 0 Å². The number of sulfonamides is 1. The van der Waals surface area contributed by atoms with Gasteiger partial charge in [0.1, 0.15) is 5.75 Å². The minimum atomic E-state index is -3.46. The van der Waals surface area contributed by atoms with Crippen LogP contribution in [0.1, 0.15) is 18.4 Å². The lowest BCUT2D eigenvalue weighted by atomic mass is 10.1. The van der Waals surface area contributed by atoms with Crippen LogP contribution in [-0.4, -0.2) is 34.7 Å². The first-order valence-corrected chi connectivity index (χ1v) is 8.77. The first kappa shape index (κ1) is 17.3. The quantitative estimate of drug-likeness (QED) is 0.815. The van der Waals surface area contributed by atoms with E-state index in [2.05, 4.69) is 10.0 Å². The molecular formula is C15H21ClN2O3S. The van der Waals surface area contributed by atoms with Gasteiger partial charge in [-0.15, -0.1) is 12.4 Å². The van der Waals surface area contributed by atoms with Crippen LogP contribution < -0.4 is 14.8 Å². The Bertz CT molecular complexity index is 659. The monoisotopic (exact) mass is 344 g/mol. The number of ether oxygens (including phenoxy) is 1.